The molecule has 0 saturated heterocycles. The van der Waals surface area contributed by atoms with Crippen LogP contribution in [0.1, 0.15) is 23.9 Å². The molecule has 1 aliphatic rings. The highest BCUT2D eigenvalue weighted by atomic mass is 16.5. The number of methoxy groups -OCH3 is 1. The zero-order valence-corrected chi connectivity index (χ0v) is 13.2. The van der Waals surface area contributed by atoms with Gasteiger partial charge in [0.1, 0.15) is 6.04 Å². The molecular formula is C17H19N3O3. The van der Waals surface area contributed by atoms with Gasteiger partial charge in [-0.1, -0.05) is 30.3 Å². The van der Waals surface area contributed by atoms with Gasteiger partial charge >= 0.3 is 5.97 Å². The summed E-state index contributed by atoms with van der Waals surface area (Å²) < 4.78 is 6.86. The van der Waals surface area contributed by atoms with Crippen molar-refractivity contribution < 1.29 is 14.3 Å². The first-order valence-corrected chi connectivity index (χ1v) is 7.52. The van der Waals surface area contributed by atoms with Crippen molar-refractivity contribution in [2.24, 2.45) is 0 Å². The van der Waals surface area contributed by atoms with Gasteiger partial charge < -0.3 is 14.2 Å². The average Bonchev–Trinajstić information content (AvgIpc) is 2.96. The molecule has 0 spiro atoms. The summed E-state index contributed by atoms with van der Waals surface area (Å²) in [5.74, 6) is -0.540. The third-order valence-electron chi connectivity index (χ3n) is 4.19. The Bertz CT molecular complexity index is 724. The van der Waals surface area contributed by atoms with E-state index < -0.39 is 12.0 Å². The molecule has 23 heavy (non-hydrogen) atoms. The fourth-order valence-electron chi connectivity index (χ4n) is 2.96. The van der Waals surface area contributed by atoms with Gasteiger partial charge in [-0.25, -0.2) is 9.78 Å². The van der Waals surface area contributed by atoms with E-state index in [0.717, 1.165) is 17.0 Å². The number of nitrogens with zero attached hydrogens (tertiary/aromatic N) is 3. The second-order valence-electron chi connectivity index (χ2n) is 5.64. The summed E-state index contributed by atoms with van der Waals surface area (Å²) in [6.07, 6.45) is 2.17. The quantitative estimate of drug-likeness (QED) is 0.803. The summed E-state index contributed by atoms with van der Waals surface area (Å²) in [5, 5.41) is 0. The summed E-state index contributed by atoms with van der Waals surface area (Å²) >= 11 is 0. The minimum Gasteiger partial charge on any atom is -0.467 e. The van der Waals surface area contributed by atoms with Gasteiger partial charge in [0.15, 0.2) is 0 Å². The lowest BCUT2D eigenvalue weighted by atomic mass is 10.0. The largest absolute Gasteiger partial charge is 0.467 e. The first kappa shape index (κ1) is 15.3. The number of aromatic nitrogens is 2. The van der Waals surface area contributed by atoms with E-state index in [1.54, 1.807) is 11.2 Å². The highest BCUT2D eigenvalue weighted by Gasteiger charge is 2.36. The zero-order chi connectivity index (χ0) is 16.4. The van der Waals surface area contributed by atoms with Gasteiger partial charge in [0.25, 0.3) is 0 Å². The number of rotatable bonds is 3. The number of esters is 1. The maximum atomic E-state index is 11.9. The molecule has 0 unspecified atom stereocenters. The van der Waals surface area contributed by atoms with E-state index in [1.807, 2.05) is 22.8 Å². The molecule has 0 fully saturated rings. The topological polar surface area (TPSA) is 64.4 Å². The summed E-state index contributed by atoms with van der Waals surface area (Å²) in [4.78, 5) is 29.8. The molecule has 2 heterocycles. The third-order valence-corrected chi connectivity index (χ3v) is 4.19. The lowest BCUT2D eigenvalue weighted by molar-refractivity contribution is -0.153. The van der Waals surface area contributed by atoms with Crippen LogP contribution in [0.4, 0.5) is 0 Å². The van der Waals surface area contributed by atoms with E-state index in [1.165, 1.54) is 14.0 Å². The van der Waals surface area contributed by atoms with Crippen LogP contribution in [0.3, 0.4) is 0 Å². The normalized spacial score (nSPS) is 16.8. The van der Waals surface area contributed by atoms with E-state index in [-0.39, 0.29) is 5.91 Å². The second kappa shape index (κ2) is 6.24. The Morgan fingerprint density at radius 3 is 2.70 bits per heavy atom. The monoisotopic (exact) mass is 313 g/mol. The third kappa shape index (κ3) is 2.97. The maximum absolute atomic E-state index is 11.9. The van der Waals surface area contributed by atoms with E-state index in [2.05, 4.69) is 17.1 Å². The van der Waals surface area contributed by atoms with Crippen molar-refractivity contribution in [3.8, 4) is 0 Å². The van der Waals surface area contributed by atoms with Crippen molar-refractivity contribution in [2.75, 3.05) is 7.11 Å². The molecule has 0 saturated carbocycles. The first-order chi connectivity index (χ1) is 11.1. The van der Waals surface area contributed by atoms with Crippen LogP contribution in [-0.4, -0.2) is 39.5 Å². The molecule has 0 bridgehead atoms. The average molecular weight is 313 g/mol. The molecule has 6 nitrogen and oxygen atoms in total. The van der Waals surface area contributed by atoms with Gasteiger partial charge in [-0.15, -0.1) is 0 Å². The lowest BCUT2D eigenvalue weighted by Gasteiger charge is -2.33. The second-order valence-corrected chi connectivity index (χ2v) is 5.64. The van der Waals surface area contributed by atoms with Gasteiger partial charge in [0, 0.05) is 19.9 Å². The van der Waals surface area contributed by atoms with Crippen molar-refractivity contribution in [1.29, 1.82) is 0 Å². The van der Waals surface area contributed by atoms with Gasteiger partial charge in [-0.3, -0.25) is 4.79 Å². The summed E-state index contributed by atoms with van der Waals surface area (Å²) in [7, 11) is 1.34. The molecule has 1 aliphatic heterocycles. The van der Waals surface area contributed by atoms with Crippen molar-refractivity contribution >= 4 is 11.9 Å². The number of ether oxygens (including phenoxy) is 1. The highest BCUT2D eigenvalue weighted by molar-refractivity contribution is 5.84. The Hall–Kier alpha value is -2.63. The number of amides is 1. The molecule has 0 radical (unpaired) electrons. The molecular weight excluding hydrogens is 294 g/mol. The van der Waals surface area contributed by atoms with Crippen LogP contribution >= 0.6 is 0 Å². The number of fused-ring (bicyclic) bond motifs is 1. The van der Waals surface area contributed by atoms with Crippen LogP contribution < -0.4 is 0 Å². The molecule has 3 rings (SSSR count). The molecule has 0 N–H and O–H groups in total. The van der Waals surface area contributed by atoms with E-state index in [9.17, 15) is 9.59 Å². The van der Waals surface area contributed by atoms with Crippen LogP contribution in [0.2, 0.25) is 0 Å². The van der Waals surface area contributed by atoms with Crippen molar-refractivity contribution in [3.63, 3.8) is 0 Å². The van der Waals surface area contributed by atoms with Crippen molar-refractivity contribution in [1.82, 2.24) is 14.5 Å². The Kier molecular flexibility index (Phi) is 4.14. The van der Waals surface area contributed by atoms with Gasteiger partial charge in [0.2, 0.25) is 5.91 Å². The first-order valence-electron chi connectivity index (χ1n) is 7.52. The number of benzene rings is 1. The molecule has 1 amide bonds. The molecule has 1 atom stereocenters. The number of imidazole rings is 1. The summed E-state index contributed by atoms with van der Waals surface area (Å²) in [6.45, 7) is 2.54. The Morgan fingerprint density at radius 1 is 1.30 bits per heavy atom. The fraction of sp³-hybridized carbons (Fsp3) is 0.353. The van der Waals surface area contributed by atoms with Crippen LogP contribution in [0.15, 0.2) is 36.7 Å². The molecule has 0 aliphatic carbocycles. The summed E-state index contributed by atoms with van der Waals surface area (Å²) in [6, 6.07) is 9.47. The molecule has 120 valence electrons. The molecule has 6 heteroatoms. The standard InChI is InChI=1S/C17H19N3O3/c1-12(21)20-10-16-14(8-15(20)17(22)23-2)18-11-19(16)9-13-6-4-3-5-7-13/h3-7,11,15H,8-10H2,1-2H3/t15-/m0/s1. The van der Waals surface area contributed by atoms with E-state index >= 15 is 0 Å². The van der Waals surface area contributed by atoms with Gasteiger partial charge in [0.05, 0.1) is 31.4 Å². The summed E-state index contributed by atoms with van der Waals surface area (Å²) in [5.41, 5.74) is 3.00. The van der Waals surface area contributed by atoms with E-state index in [0.29, 0.717) is 19.5 Å². The molecule has 1 aromatic carbocycles. The molecule has 2 aromatic rings. The predicted octanol–water partition coefficient (Wildman–Crippen LogP) is 1.38. The maximum Gasteiger partial charge on any atom is 0.329 e. The van der Waals surface area contributed by atoms with Crippen LogP contribution in [0, 0.1) is 0 Å². The predicted molar refractivity (Wildman–Crippen MR) is 83.5 cm³/mol. The minimum atomic E-state index is -0.593. The van der Waals surface area contributed by atoms with E-state index in [4.69, 9.17) is 4.74 Å². The van der Waals surface area contributed by atoms with Crippen LogP contribution in [0.25, 0.3) is 0 Å². The lowest BCUT2D eigenvalue weighted by Crippen LogP contribution is -2.48. The Balaban J connectivity index is 1.89. The minimum absolute atomic E-state index is 0.140. The number of hydrogen-bond acceptors (Lipinski definition) is 4. The van der Waals surface area contributed by atoms with Crippen molar-refractivity contribution in [3.05, 3.63) is 53.6 Å². The number of carbonyl (C=O) groups excluding carboxylic acids is 2. The zero-order valence-electron chi connectivity index (χ0n) is 13.2. The van der Waals surface area contributed by atoms with Gasteiger partial charge in [-0.2, -0.15) is 0 Å². The number of carbonyl (C=O) groups is 2. The number of hydrogen-bond donors (Lipinski definition) is 0. The van der Waals surface area contributed by atoms with Crippen LogP contribution in [0.5, 0.6) is 0 Å². The van der Waals surface area contributed by atoms with Gasteiger partial charge in [-0.05, 0) is 5.56 Å². The van der Waals surface area contributed by atoms with Crippen LogP contribution in [-0.2, 0) is 33.8 Å². The Labute approximate surface area is 134 Å². The molecule has 1 aromatic heterocycles. The fourth-order valence-corrected chi connectivity index (χ4v) is 2.96. The highest BCUT2D eigenvalue weighted by Crippen LogP contribution is 2.24. The SMILES string of the molecule is COC(=O)[C@@H]1Cc2ncn(Cc3ccccc3)c2CN1C(C)=O. The Morgan fingerprint density at radius 2 is 2.04 bits per heavy atom. The van der Waals surface area contributed by atoms with Crippen molar-refractivity contribution in [2.45, 2.75) is 32.5 Å². The smallest absolute Gasteiger partial charge is 0.329 e.